The number of aliphatic hydroxyl groups is 1. The zero-order valence-electron chi connectivity index (χ0n) is 17.3. The van der Waals surface area contributed by atoms with Crippen molar-refractivity contribution in [3.05, 3.63) is 0 Å². The molecule has 8 heteroatoms. The van der Waals surface area contributed by atoms with Gasteiger partial charge in [0.05, 0.1) is 35.8 Å². The predicted octanol–water partition coefficient (Wildman–Crippen LogP) is 1.47. The molecule has 29 heavy (non-hydrogen) atoms. The van der Waals surface area contributed by atoms with Gasteiger partial charge < -0.3 is 20.1 Å². The summed E-state index contributed by atoms with van der Waals surface area (Å²) in [5.41, 5.74) is 0. The summed E-state index contributed by atoms with van der Waals surface area (Å²) in [5, 5.41) is 13.0. The normalized spacial score (nSPS) is 37.5. The minimum atomic E-state index is -0.640. The van der Waals surface area contributed by atoms with E-state index in [1.807, 2.05) is 0 Å². The molecule has 0 aromatic rings. The first-order valence-electron chi connectivity index (χ1n) is 11.0. The van der Waals surface area contributed by atoms with E-state index in [2.05, 4.69) is 5.32 Å². The molecule has 0 aromatic carbocycles. The molecule has 2 amide bonds. The fourth-order valence-corrected chi connectivity index (χ4v) is 8.18. The maximum atomic E-state index is 13.5. The number of rotatable bonds is 6. The molecule has 3 heterocycles. The summed E-state index contributed by atoms with van der Waals surface area (Å²) in [7, 11) is 0. The molecule has 162 valence electrons. The quantitative estimate of drug-likeness (QED) is 0.627. The topological polar surface area (TPSA) is 95.9 Å². The summed E-state index contributed by atoms with van der Waals surface area (Å²) in [6, 6.07) is -0.955. The third-order valence-electron chi connectivity index (χ3n) is 7.24. The second kappa shape index (κ2) is 8.10. The first-order chi connectivity index (χ1) is 13.9. The number of amides is 2. The highest BCUT2D eigenvalue weighted by molar-refractivity contribution is 8.02. The van der Waals surface area contributed by atoms with E-state index in [1.54, 1.807) is 30.5 Å². The molecule has 4 rings (SSSR count). The van der Waals surface area contributed by atoms with Gasteiger partial charge in [-0.25, -0.2) is 0 Å². The van der Waals surface area contributed by atoms with Crippen LogP contribution in [0.4, 0.5) is 0 Å². The number of nitrogens with one attached hydrogen (secondary N) is 1. The van der Waals surface area contributed by atoms with Crippen LogP contribution in [-0.4, -0.2) is 69.1 Å². The molecule has 7 nitrogen and oxygen atoms in total. The second-order valence-corrected chi connectivity index (χ2v) is 10.5. The highest BCUT2D eigenvalue weighted by Crippen LogP contribution is 2.66. The number of thioether (sulfide) groups is 1. The highest BCUT2D eigenvalue weighted by Gasteiger charge is 2.74. The standard InChI is InChI=1S/C21H32N2O5S/c1-3-28-20(27)15-14-9-10-21(29-14)16(15)19(26)23(12(2)11-24)17(21)18(25)22-13-7-5-4-6-8-13/h12-17,24H,3-11H2,1-2H3,(H,22,25)/t12-,14+,15-,16+,17?,21?/m1/s1. The number of carbonyl (C=O) groups excluding carboxylic acids is 3. The van der Waals surface area contributed by atoms with Gasteiger partial charge in [-0.05, 0) is 39.5 Å². The SMILES string of the molecule is CCOC(=O)[C@@H]1[C@@H]2CCC3(S2)C(C(=O)NC2CCCCC2)N([C@H](C)CO)C(=O)[C@H]13. The summed E-state index contributed by atoms with van der Waals surface area (Å²) in [6.07, 6.45) is 6.92. The Morgan fingerprint density at radius 1 is 1.31 bits per heavy atom. The number of carbonyl (C=O) groups is 3. The molecule has 3 aliphatic heterocycles. The van der Waals surface area contributed by atoms with Gasteiger partial charge in [0.25, 0.3) is 0 Å². The maximum Gasteiger partial charge on any atom is 0.310 e. The van der Waals surface area contributed by atoms with Crippen molar-refractivity contribution in [2.45, 2.75) is 86.9 Å². The molecule has 3 saturated heterocycles. The minimum Gasteiger partial charge on any atom is -0.466 e. The van der Waals surface area contributed by atoms with Gasteiger partial charge in [-0.2, -0.15) is 0 Å². The monoisotopic (exact) mass is 424 g/mol. The van der Waals surface area contributed by atoms with Gasteiger partial charge in [0.1, 0.15) is 6.04 Å². The number of hydrogen-bond acceptors (Lipinski definition) is 6. The molecular formula is C21H32N2O5S. The van der Waals surface area contributed by atoms with Crippen molar-refractivity contribution in [2.24, 2.45) is 11.8 Å². The lowest BCUT2D eigenvalue weighted by molar-refractivity contribution is -0.154. The number of fused-ring (bicyclic) bond motifs is 1. The molecule has 2 unspecified atom stereocenters. The summed E-state index contributed by atoms with van der Waals surface area (Å²) in [4.78, 5) is 41.3. The van der Waals surface area contributed by atoms with Crippen LogP contribution in [0.5, 0.6) is 0 Å². The van der Waals surface area contributed by atoms with Crippen LogP contribution in [-0.2, 0) is 19.1 Å². The molecular weight excluding hydrogens is 392 g/mol. The molecule has 4 fully saturated rings. The van der Waals surface area contributed by atoms with Gasteiger partial charge >= 0.3 is 5.97 Å². The molecule has 2 N–H and O–H groups in total. The van der Waals surface area contributed by atoms with Crippen molar-refractivity contribution in [1.82, 2.24) is 10.2 Å². The largest absolute Gasteiger partial charge is 0.466 e. The minimum absolute atomic E-state index is 0.0274. The van der Waals surface area contributed by atoms with Crippen molar-refractivity contribution < 1.29 is 24.2 Å². The Morgan fingerprint density at radius 3 is 2.69 bits per heavy atom. The average Bonchev–Trinajstić information content (AvgIpc) is 3.35. The van der Waals surface area contributed by atoms with Crippen molar-refractivity contribution >= 4 is 29.5 Å². The zero-order chi connectivity index (χ0) is 20.8. The molecule has 0 radical (unpaired) electrons. The highest BCUT2D eigenvalue weighted by atomic mass is 32.2. The van der Waals surface area contributed by atoms with Crippen LogP contribution in [0.2, 0.25) is 0 Å². The molecule has 6 atom stereocenters. The molecule has 1 saturated carbocycles. The van der Waals surface area contributed by atoms with E-state index in [1.165, 1.54) is 6.42 Å². The number of hydrogen-bond donors (Lipinski definition) is 2. The Labute approximate surface area is 176 Å². The fraction of sp³-hybridized carbons (Fsp3) is 0.857. The molecule has 1 spiro atoms. The molecule has 1 aliphatic carbocycles. The van der Waals surface area contributed by atoms with Crippen molar-refractivity contribution in [2.75, 3.05) is 13.2 Å². The molecule has 4 aliphatic rings. The first-order valence-corrected chi connectivity index (χ1v) is 11.9. The van der Waals surface area contributed by atoms with E-state index in [9.17, 15) is 19.5 Å². The van der Waals surface area contributed by atoms with Crippen molar-refractivity contribution in [1.29, 1.82) is 0 Å². The van der Waals surface area contributed by atoms with Crippen LogP contribution in [0.1, 0.15) is 58.8 Å². The molecule has 0 aromatic heterocycles. The van der Waals surface area contributed by atoms with Crippen LogP contribution in [0.3, 0.4) is 0 Å². The lowest BCUT2D eigenvalue weighted by Crippen LogP contribution is -2.57. The maximum absolute atomic E-state index is 13.5. The zero-order valence-corrected chi connectivity index (χ0v) is 18.1. The lowest BCUT2D eigenvalue weighted by atomic mass is 9.71. The van der Waals surface area contributed by atoms with Crippen LogP contribution < -0.4 is 5.32 Å². The fourth-order valence-electron chi connectivity index (χ4n) is 5.99. The van der Waals surface area contributed by atoms with Gasteiger partial charge in [0, 0.05) is 11.3 Å². The number of ether oxygens (including phenoxy) is 1. The molecule has 2 bridgehead atoms. The van der Waals surface area contributed by atoms with Gasteiger partial charge in [0.2, 0.25) is 11.8 Å². The van der Waals surface area contributed by atoms with Gasteiger partial charge in [-0.1, -0.05) is 19.3 Å². The van der Waals surface area contributed by atoms with E-state index < -0.39 is 28.7 Å². The number of nitrogens with zero attached hydrogens (tertiary/aromatic N) is 1. The van der Waals surface area contributed by atoms with Crippen LogP contribution in [0.25, 0.3) is 0 Å². The number of likely N-dealkylation sites (tertiary alicyclic amines) is 1. The van der Waals surface area contributed by atoms with Crippen LogP contribution in [0.15, 0.2) is 0 Å². The first kappa shape index (κ1) is 21.0. The van der Waals surface area contributed by atoms with E-state index in [-0.39, 0.29) is 42.3 Å². The third-order valence-corrected chi connectivity index (χ3v) is 9.19. The Balaban J connectivity index is 1.66. The smallest absolute Gasteiger partial charge is 0.310 e. The van der Waals surface area contributed by atoms with E-state index in [4.69, 9.17) is 4.74 Å². The summed E-state index contributed by atoms with van der Waals surface area (Å²) < 4.78 is 4.70. The van der Waals surface area contributed by atoms with Crippen LogP contribution >= 0.6 is 11.8 Å². The number of esters is 1. The van der Waals surface area contributed by atoms with Gasteiger partial charge in [-0.15, -0.1) is 11.8 Å². The third kappa shape index (κ3) is 3.26. The Morgan fingerprint density at radius 2 is 2.03 bits per heavy atom. The van der Waals surface area contributed by atoms with Crippen LogP contribution in [0, 0.1) is 11.8 Å². The van der Waals surface area contributed by atoms with Gasteiger partial charge in [0.15, 0.2) is 0 Å². The number of aliphatic hydroxyl groups excluding tert-OH is 1. The predicted molar refractivity (Wildman–Crippen MR) is 109 cm³/mol. The summed E-state index contributed by atoms with van der Waals surface area (Å²) in [6.45, 7) is 3.61. The van der Waals surface area contributed by atoms with E-state index in [0.717, 1.165) is 38.5 Å². The Bertz CT molecular complexity index is 682. The Hall–Kier alpha value is -1.28. The van der Waals surface area contributed by atoms with E-state index in [0.29, 0.717) is 0 Å². The summed E-state index contributed by atoms with van der Waals surface area (Å²) >= 11 is 1.64. The van der Waals surface area contributed by atoms with Gasteiger partial charge in [-0.3, -0.25) is 14.4 Å². The Kier molecular flexibility index (Phi) is 5.86. The van der Waals surface area contributed by atoms with Crippen molar-refractivity contribution in [3.8, 4) is 0 Å². The van der Waals surface area contributed by atoms with E-state index >= 15 is 0 Å². The average molecular weight is 425 g/mol. The second-order valence-electron chi connectivity index (χ2n) is 8.93. The summed E-state index contributed by atoms with van der Waals surface area (Å²) in [5.74, 6) is -1.66. The van der Waals surface area contributed by atoms with Crippen molar-refractivity contribution in [3.63, 3.8) is 0 Å². The lowest BCUT2D eigenvalue weighted by Gasteiger charge is -2.37.